The van der Waals surface area contributed by atoms with Gasteiger partial charge in [0.25, 0.3) is 12.0 Å². The molecular weight excluding hydrogens is 336 g/mol. The van der Waals surface area contributed by atoms with E-state index < -0.39 is 0 Å². The topological polar surface area (TPSA) is 101 Å². The summed E-state index contributed by atoms with van der Waals surface area (Å²) in [6.45, 7) is 1.86. The highest BCUT2D eigenvalue weighted by atomic mass is 16.5. The highest BCUT2D eigenvalue weighted by molar-refractivity contribution is 5.54. The average Bonchev–Trinajstić information content (AvgIpc) is 2.65. The Morgan fingerprint density at radius 3 is 2.54 bits per heavy atom. The van der Waals surface area contributed by atoms with Crippen molar-refractivity contribution in [3.05, 3.63) is 75.8 Å². The van der Waals surface area contributed by atoms with Crippen molar-refractivity contribution in [3.8, 4) is 5.75 Å². The van der Waals surface area contributed by atoms with Crippen molar-refractivity contribution in [1.29, 1.82) is 0 Å². The van der Waals surface area contributed by atoms with Gasteiger partial charge in [-0.15, -0.1) is 0 Å². The van der Waals surface area contributed by atoms with E-state index in [0.717, 1.165) is 5.56 Å². The van der Waals surface area contributed by atoms with Gasteiger partial charge in [0.15, 0.2) is 11.4 Å². The molecule has 3 aromatic rings. The van der Waals surface area contributed by atoms with Crippen molar-refractivity contribution in [2.45, 2.75) is 20.0 Å². The van der Waals surface area contributed by atoms with Gasteiger partial charge in [0.2, 0.25) is 0 Å². The SMILES string of the molecule is Cc1nc2c(OCc3ccccc3)cccn2c(=O)c1CCO.O=CO. The summed E-state index contributed by atoms with van der Waals surface area (Å²) >= 11 is 0. The van der Waals surface area contributed by atoms with Gasteiger partial charge in [-0.1, -0.05) is 30.3 Å². The number of hydrogen-bond donors (Lipinski definition) is 2. The van der Waals surface area contributed by atoms with E-state index in [9.17, 15) is 4.79 Å². The van der Waals surface area contributed by atoms with Crippen LogP contribution in [0.25, 0.3) is 5.65 Å². The fraction of sp³-hybridized carbons (Fsp3) is 0.211. The molecule has 0 spiro atoms. The molecular formula is C19H20N2O5. The zero-order chi connectivity index (χ0) is 18.9. The van der Waals surface area contributed by atoms with Crippen LogP contribution in [0.5, 0.6) is 5.75 Å². The third-order valence-electron chi connectivity index (χ3n) is 3.72. The second-order valence-electron chi connectivity index (χ2n) is 5.40. The highest BCUT2D eigenvalue weighted by Crippen LogP contribution is 2.19. The number of ether oxygens (including phenoxy) is 1. The maximum Gasteiger partial charge on any atom is 0.290 e. The number of aliphatic hydroxyl groups excluding tert-OH is 1. The van der Waals surface area contributed by atoms with Crippen molar-refractivity contribution in [3.63, 3.8) is 0 Å². The van der Waals surface area contributed by atoms with Crippen LogP contribution in [0.4, 0.5) is 0 Å². The molecule has 0 radical (unpaired) electrons. The molecule has 26 heavy (non-hydrogen) atoms. The van der Waals surface area contributed by atoms with Crippen LogP contribution in [0, 0.1) is 6.92 Å². The summed E-state index contributed by atoms with van der Waals surface area (Å²) in [5, 5.41) is 16.0. The lowest BCUT2D eigenvalue weighted by Crippen LogP contribution is -2.22. The number of hydrogen-bond acceptors (Lipinski definition) is 5. The first-order chi connectivity index (χ1) is 12.6. The normalized spacial score (nSPS) is 10.1. The summed E-state index contributed by atoms with van der Waals surface area (Å²) in [6.07, 6.45) is 1.97. The van der Waals surface area contributed by atoms with Gasteiger partial charge in [0.1, 0.15) is 6.61 Å². The monoisotopic (exact) mass is 356 g/mol. The molecule has 0 aliphatic carbocycles. The maximum atomic E-state index is 12.5. The van der Waals surface area contributed by atoms with Crippen molar-refractivity contribution in [2.24, 2.45) is 0 Å². The third kappa shape index (κ3) is 4.46. The zero-order valence-electron chi connectivity index (χ0n) is 14.3. The third-order valence-corrected chi connectivity index (χ3v) is 3.72. The number of benzene rings is 1. The fourth-order valence-electron chi connectivity index (χ4n) is 2.53. The molecule has 0 fully saturated rings. The average molecular weight is 356 g/mol. The van der Waals surface area contributed by atoms with Gasteiger partial charge < -0.3 is 14.9 Å². The predicted octanol–water partition coefficient (Wildman–Crippen LogP) is 1.82. The van der Waals surface area contributed by atoms with Gasteiger partial charge in [0, 0.05) is 30.5 Å². The summed E-state index contributed by atoms with van der Waals surface area (Å²) in [4.78, 5) is 25.4. The summed E-state index contributed by atoms with van der Waals surface area (Å²) in [6, 6.07) is 13.4. The Bertz CT molecular complexity index is 922. The molecule has 0 saturated carbocycles. The van der Waals surface area contributed by atoms with Gasteiger partial charge in [-0.25, -0.2) is 4.98 Å². The lowest BCUT2D eigenvalue weighted by atomic mass is 10.2. The number of aromatic nitrogens is 2. The zero-order valence-corrected chi connectivity index (χ0v) is 14.3. The molecule has 0 atom stereocenters. The molecule has 0 amide bonds. The Morgan fingerprint density at radius 2 is 1.88 bits per heavy atom. The van der Waals surface area contributed by atoms with E-state index >= 15 is 0 Å². The van der Waals surface area contributed by atoms with Crippen molar-refractivity contribution in [2.75, 3.05) is 6.61 Å². The summed E-state index contributed by atoms with van der Waals surface area (Å²) in [5.74, 6) is 0.562. The van der Waals surface area contributed by atoms with Crippen molar-refractivity contribution in [1.82, 2.24) is 9.38 Å². The number of rotatable bonds is 5. The minimum absolute atomic E-state index is 0.0754. The largest absolute Gasteiger partial charge is 0.485 e. The quantitative estimate of drug-likeness (QED) is 0.676. The molecule has 3 rings (SSSR count). The molecule has 136 valence electrons. The Morgan fingerprint density at radius 1 is 1.19 bits per heavy atom. The Kier molecular flexibility index (Phi) is 6.87. The number of carboxylic acid groups (broad SMARTS) is 1. The van der Waals surface area contributed by atoms with Crippen LogP contribution in [0.1, 0.15) is 16.8 Å². The van der Waals surface area contributed by atoms with E-state index in [1.165, 1.54) is 4.40 Å². The predicted molar refractivity (Wildman–Crippen MR) is 96.5 cm³/mol. The van der Waals surface area contributed by atoms with E-state index in [2.05, 4.69) is 4.98 Å². The van der Waals surface area contributed by atoms with Crippen LogP contribution in [0.2, 0.25) is 0 Å². The number of carbonyl (C=O) groups is 1. The number of nitrogens with zero attached hydrogens (tertiary/aromatic N) is 2. The van der Waals surface area contributed by atoms with Crippen LogP contribution >= 0.6 is 0 Å². The summed E-state index contributed by atoms with van der Waals surface area (Å²) < 4.78 is 7.31. The molecule has 0 saturated heterocycles. The lowest BCUT2D eigenvalue weighted by molar-refractivity contribution is -0.122. The molecule has 0 bridgehead atoms. The summed E-state index contributed by atoms with van der Waals surface area (Å²) in [5.41, 5.74) is 2.54. The molecule has 7 nitrogen and oxygen atoms in total. The van der Waals surface area contributed by atoms with E-state index in [4.69, 9.17) is 19.7 Å². The van der Waals surface area contributed by atoms with Gasteiger partial charge in [-0.3, -0.25) is 14.0 Å². The van der Waals surface area contributed by atoms with Crippen molar-refractivity contribution >= 4 is 12.1 Å². The standard InChI is InChI=1S/C18H18N2O3.CH2O2/c1-13-15(9-11-21)18(22)20-10-5-8-16(17(20)19-13)23-12-14-6-3-2-4-7-14;2-1-3/h2-8,10,21H,9,11-12H2,1H3;1H,(H,2,3). The fourth-order valence-corrected chi connectivity index (χ4v) is 2.53. The van der Waals surface area contributed by atoms with Gasteiger partial charge in [-0.2, -0.15) is 0 Å². The number of aryl methyl sites for hydroxylation is 1. The first-order valence-electron chi connectivity index (χ1n) is 7.98. The lowest BCUT2D eigenvalue weighted by Gasteiger charge is -2.12. The van der Waals surface area contributed by atoms with Crippen LogP contribution in [-0.2, 0) is 17.8 Å². The minimum Gasteiger partial charge on any atom is -0.485 e. The molecule has 0 aliphatic heterocycles. The van der Waals surface area contributed by atoms with Crippen LogP contribution < -0.4 is 10.3 Å². The van der Waals surface area contributed by atoms with Gasteiger partial charge in [0.05, 0.1) is 0 Å². The van der Waals surface area contributed by atoms with Crippen molar-refractivity contribution < 1.29 is 19.7 Å². The molecule has 2 heterocycles. The molecule has 0 unspecified atom stereocenters. The van der Waals surface area contributed by atoms with E-state index in [1.54, 1.807) is 25.3 Å². The van der Waals surface area contributed by atoms with Crippen LogP contribution in [0.3, 0.4) is 0 Å². The second kappa shape index (κ2) is 9.33. The Balaban J connectivity index is 0.000000758. The molecule has 2 aromatic heterocycles. The molecule has 1 aromatic carbocycles. The number of pyridine rings is 1. The van der Waals surface area contributed by atoms with E-state index in [1.807, 2.05) is 30.3 Å². The molecule has 2 N–H and O–H groups in total. The van der Waals surface area contributed by atoms with Crippen LogP contribution in [0.15, 0.2) is 53.5 Å². The Hall–Kier alpha value is -3.19. The molecule has 7 heteroatoms. The Labute approximate surface area is 150 Å². The van der Waals surface area contributed by atoms with E-state index in [-0.39, 0.29) is 18.6 Å². The summed E-state index contributed by atoms with van der Waals surface area (Å²) in [7, 11) is 0. The minimum atomic E-state index is -0.250. The number of fused-ring (bicyclic) bond motifs is 1. The first kappa shape index (κ1) is 19.1. The number of aliphatic hydroxyl groups is 1. The molecule has 0 aliphatic rings. The maximum absolute atomic E-state index is 12.5. The second-order valence-corrected chi connectivity index (χ2v) is 5.40. The van der Waals surface area contributed by atoms with E-state index in [0.29, 0.717) is 35.7 Å². The first-order valence-corrected chi connectivity index (χ1v) is 7.98. The van der Waals surface area contributed by atoms with Gasteiger partial charge >= 0.3 is 0 Å². The smallest absolute Gasteiger partial charge is 0.290 e. The highest BCUT2D eigenvalue weighted by Gasteiger charge is 2.12. The van der Waals surface area contributed by atoms with Gasteiger partial charge in [-0.05, 0) is 24.6 Å². The van der Waals surface area contributed by atoms with Crippen LogP contribution in [-0.4, -0.2) is 32.7 Å².